The molecule has 0 aromatic carbocycles. The van der Waals surface area contributed by atoms with E-state index in [0.717, 1.165) is 25.0 Å². The van der Waals surface area contributed by atoms with Gasteiger partial charge in [-0.1, -0.05) is 18.9 Å². The van der Waals surface area contributed by atoms with E-state index < -0.39 is 5.97 Å². The number of aryl methyl sites for hydroxylation is 1. The van der Waals surface area contributed by atoms with E-state index in [0.29, 0.717) is 18.7 Å². The van der Waals surface area contributed by atoms with Crippen LogP contribution in [-0.4, -0.2) is 28.5 Å². The third kappa shape index (κ3) is 3.56. The molecule has 1 amide bonds. The highest BCUT2D eigenvalue weighted by Gasteiger charge is 2.30. The highest BCUT2D eigenvalue weighted by Crippen LogP contribution is 2.29. The number of rotatable bonds is 4. The van der Waals surface area contributed by atoms with Gasteiger partial charge in [-0.2, -0.15) is 0 Å². The van der Waals surface area contributed by atoms with Gasteiger partial charge in [0.15, 0.2) is 0 Å². The van der Waals surface area contributed by atoms with Crippen molar-refractivity contribution >= 4 is 11.9 Å². The average Bonchev–Trinajstić information content (AvgIpc) is 2.45. The molecule has 2 N–H and O–H groups in total. The van der Waals surface area contributed by atoms with Crippen molar-refractivity contribution in [2.45, 2.75) is 32.6 Å². The van der Waals surface area contributed by atoms with Gasteiger partial charge < -0.3 is 10.4 Å². The van der Waals surface area contributed by atoms with Gasteiger partial charge >= 0.3 is 5.97 Å². The Labute approximate surface area is 118 Å². The van der Waals surface area contributed by atoms with Crippen molar-refractivity contribution in [1.82, 2.24) is 10.3 Å². The normalized spacial score (nSPS) is 22.2. The first-order valence-corrected chi connectivity index (χ1v) is 7.02. The highest BCUT2D eigenvalue weighted by molar-refractivity contribution is 5.92. The molecule has 1 fully saturated rings. The van der Waals surface area contributed by atoms with Gasteiger partial charge in [0.1, 0.15) is 5.69 Å². The van der Waals surface area contributed by atoms with E-state index in [1.54, 1.807) is 12.1 Å². The van der Waals surface area contributed by atoms with Crippen molar-refractivity contribution in [3.05, 3.63) is 29.6 Å². The van der Waals surface area contributed by atoms with Crippen molar-refractivity contribution in [2.24, 2.45) is 11.8 Å². The Morgan fingerprint density at radius 1 is 1.35 bits per heavy atom. The van der Waals surface area contributed by atoms with Crippen LogP contribution in [0.25, 0.3) is 0 Å². The van der Waals surface area contributed by atoms with Gasteiger partial charge in [-0.15, -0.1) is 0 Å². The zero-order valence-corrected chi connectivity index (χ0v) is 11.6. The number of pyridine rings is 1. The fourth-order valence-corrected chi connectivity index (χ4v) is 2.76. The second-order valence-corrected chi connectivity index (χ2v) is 5.36. The second kappa shape index (κ2) is 6.50. The summed E-state index contributed by atoms with van der Waals surface area (Å²) in [5, 5.41) is 12.0. The van der Waals surface area contributed by atoms with Gasteiger partial charge in [-0.05, 0) is 37.8 Å². The Kier molecular flexibility index (Phi) is 4.71. The summed E-state index contributed by atoms with van der Waals surface area (Å²) in [6.45, 7) is 2.24. The lowest BCUT2D eigenvalue weighted by Gasteiger charge is -2.28. The van der Waals surface area contributed by atoms with Crippen LogP contribution in [0.5, 0.6) is 0 Å². The first kappa shape index (κ1) is 14.5. The van der Waals surface area contributed by atoms with Crippen LogP contribution in [0.2, 0.25) is 0 Å². The predicted octanol–water partition coefficient (Wildman–Crippen LogP) is 2.01. The number of aromatic nitrogens is 1. The van der Waals surface area contributed by atoms with Crippen molar-refractivity contribution < 1.29 is 14.7 Å². The molecule has 1 saturated carbocycles. The molecule has 0 radical (unpaired) electrons. The average molecular weight is 276 g/mol. The third-order valence-electron chi connectivity index (χ3n) is 3.87. The number of amides is 1. The number of hydrogen-bond acceptors (Lipinski definition) is 3. The largest absolute Gasteiger partial charge is 0.481 e. The summed E-state index contributed by atoms with van der Waals surface area (Å²) < 4.78 is 0. The van der Waals surface area contributed by atoms with E-state index in [1.807, 2.05) is 13.0 Å². The monoisotopic (exact) mass is 276 g/mol. The zero-order valence-electron chi connectivity index (χ0n) is 11.6. The van der Waals surface area contributed by atoms with Crippen LogP contribution >= 0.6 is 0 Å². The maximum atomic E-state index is 12.0. The van der Waals surface area contributed by atoms with Crippen LogP contribution in [0.3, 0.4) is 0 Å². The molecule has 5 nitrogen and oxygen atoms in total. The summed E-state index contributed by atoms with van der Waals surface area (Å²) in [6.07, 6.45) is 3.56. The zero-order chi connectivity index (χ0) is 14.5. The van der Waals surface area contributed by atoms with Crippen molar-refractivity contribution in [3.63, 3.8) is 0 Å². The fourth-order valence-electron chi connectivity index (χ4n) is 2.76. The SMILES string of the molecule is Cc1cccc(C(=O)NCC2CCCCC2C(=O)O)n1. The summed E-state index contributed by atoms with van der Waals surface area (Å²) in [5.74, 6) is -1.30. The fraction of sp³-hybridized carbons (Fsp3) is 0.533. The van der Waals surface area contributed by atoms with Crippen LogP contribution in [0, 0.1) is 18.8 Å². The molecule has 0 aliphatic heterocycles. The maximum absolute atomic E-state index is 12.0. The standard InChI is InChI=1S/C15H20N2O3/c1-10-5-4-8-13(17-10)14(18)16-9-11-6-2-3-7-12(11)15(19)20/h4-5,8,11-12H,2-3,6-7,9H2,1H3,(H,16,18)(H,19,20). The first-order valence-electron chi connectivity index (χ1n) is 7.02. The molecule has 1 aromatic rings. The van der Waals surface area contributed by atoms with E-state index in [9.17, 15) is 14.7 Å². The lowest BCUT2D eigenvalue weighted by molar-refractivity contribution is -0.144. The quantitative estimate of drug-likeness (QED) is 0.881. The van der Waals surface area contributed by atoms with E-state index in [4.69, 9.17) is 0 Å². The van der Waals surface area contributed by atoms with Gasteiger partial charge in [-0.3, -0.25) is 9.59 Å². The predicted molar refractivity (Wildman–Crippen MR) is 74.4 cm³/mol. The summed E-state index contributed by atoms with van der Waals surface area (Å²) in [6, 6.07) is 5.29. The Bertz CT molecular complexity index is 502. The van der Waals surface area contributed by atoms with Crippen molar-refractivity contribution in [1.29, 1.82) is 0 Å². The van der Waals surface area contributed by atoms with E-state index in [2.05, 4.69) is 10.3 Å². The molecule has 1 heterocycles. The maximum Gasteiger partial charge on any atom is 0.306 e. The Balaban J connectivity index is 1.93. The minimum absolute atomic E-state index is 0.0232. The third-order valence-corrected chi connectivity index (χ3v) is 3.87. The number of carboxylic acid groups (broad SMARTS) is 1. The lowest BCUT2D eigenvalue weighted by Crippen LogP contribution is -2.37. The van der Waals surface area contributed by atoms with Gasteiger partial charge in [0, 0.05) is 12.2 Å². The molecule has 0 saturated heterocycles. The van der Waals surface area contributed by atoms with Gasteiger partial charge in [0.05, 0.1) is 5.92 Å². The van der Waals surface area contributed by atoms with Crippen molar-refractivity contribution in [3.8, 4) is 0 Å². The Morgan fingerprint density at radius 3 is 2.80 bits per heavy atom. The summed E-state index contributed by atoms with van der Waals surface area (Å²) >= 11 is 0. The Morgan fingerprint density at radius 2 is 2.10 bits per heavy atom. The van der Waals surface area contributed by atoms with E-state index >= 15 is 0 Å². The second-order valence-electron chi connectivity index (χ2n) is 5.36. The smallest absolute Gasteiger partial charge is 0.306 e. The van der Waals surface area contributed by atoms with E-state index in [-0.39, 0.29) is 17.7 Å². The minimum Gasteiger partial charge on any atom is -0.481 e. The molecule has 0 bridgehead atoms. The number of nitrogens with one attached hydrogen (secondary N) is 1. The molecule has 2 atom stereocenters. The summed E-state index contributed by atoms with van der Waals surface area (Å²) in [7, 11) is 0. The molecule has 0 spiro atoms. The van der Waals surface area contributed by atoms with Crippen LogP contribution < -0.4 is 5.32 Å². The molecule has 108 valence electrons. The summed E-state index contributed by atoms with van der Waals surface area (Å²) in [4.78, 5) is 27.4. The van der Waals surface area contributed by atoms with Crippen LogP contribution in [0.15, 0.2) is 18.2 Å². The molecule has 5 heteroatoms. The molecule has 2 rings (SSSR count). The number of nitrogens with zero attached hydrogens (tertiary/aromatic N) is 1. The molecule has 1 aliphatic carbocycles. The van der Waals surface area contributed by atoms with Crippen molar-refractivity contribution in [2.75, 3.05) is 6.54 Å². The number of carboxylic acids is 1. The Hall–Kier alpha value is -1.91. The van der Waals surface area contributed by atoms with Gasteiger partial charge in [0.25, 0.3) is 5.91 Å². The van der Waals surface area contributed by atoms with Gasteiger partial charge in [0.2, 0.25) is 0 Å². The number of carbonyl (C=O) groups is 2. The molecule has 1 aromatic heterocycles. The van der Waals surface area contributed by atoms with Crippen LogP contribution in [-0.2, 0) is 4.79 Å². The lowest BCUT2D eigenvalue weighted by atomic mass is 9.79. The van der Waals surface area contributed by atoms with Gasteiger partial charge in [-0.25, -0.2) is 4.98 Å². The molecule has 20 heavy (non-hydrogen) atoms. The van der Waals surface area contributed by atoms with Crippen LogP contribution in [0.1, 0.15) is 41.9 Å². The first-order chi connectivity index (χ1) is 9.58. The van der Waals surface area contributed by atoms with E-state index in [1.165, 1.54) is 0 Å². The number of aliphatic carboxylic acids is 1. The minimum atomic E-state index is -0.752. The molecular formula is C15H20N2O3. The highest BCUT2D eigenvalue weighted by atomic mass is 16.4. The topological polar surface area (TPSA) is 79.3 Å². The summed E-state index contributed by atoms with van der Waals surface area (Å²) in [5.41, 5.74) is 1.17. The van der Waals surface area contributed by atoms with Crippen LogP contribution in [0.4, 0.5) is 0 Å². The molecular weight excluding hydrogens is 256 g/mol. The molecule has 1 aliphatic rings. The molecule has 2 unspecified atom stereocenters. The number of hydrogen-bond donors (Lipinski definition) is 2. The number of carbonyl (C=O) groups excluding carboxylic acids is 1.